The lowest BCUT2D eigenvalue weighted by Gasteiger charge is -2.10. The van der Waals surface area contributed by atoms with Gasteiger partial charge in [0.15, 0.2) is 0 Å². The molecular formula is C19H16F2N4O. The zero-order valence-corrected chi connectivity index (χ0v) is 14.0. The van der Waals surface area contributed by atoms with Crippen molar-refractivity contribution in [1.29, 1.82) is 0 Å². The third-order valence-corrected chi connectivity index (χ3v) is 3.74. The van der Waals surface area contributed by atoms with Crippen molar-refractivity contribution in [3.8, 4) is 0 Å². The lowest BCUT2D eigenvalue weighted by molar-refractivity contribution is 0.102. The molecule has 0 aliphatic rings. The van der Waals surface area contributed by atoms with Crippen LogP contribution in [-0.2, 0) is 6.42 Å². The molecule has 0 fully saturated rings. The number of hydrogen-bond acceptors (Lipinski definition) is 4. The average molecular weight is 354 g/mol. The van der Waals surface area contributed by atoms with Crippen LogP contribution < -0.4 is 10.6 Å². The van der Waals surface area contributed by atoms with Crippen molar-refractivity contribution >= 4 is 23.2 Å². The molecule has 7 heteroatoms. The molecule has 0 aliphatic heterocycles. The Balaban J connectivity index is 1.71. The fourth-order valence-electron chi connectivity index (χ4n) is 2.37. The summed E-state index contributed by atoms with van der Waals surface area (Å²) in [6, 6.07) is 10.6. The number of anilines is 3. The zero-order chi connectivity index (χ0) is 18.5. The number of nitrogens with zero attached hydrogens (tertiary/aromatic N) is 2. The van der Waals surface area contributed by atoms with Gasteiger partial charge >= 0.3 is 0 Å². The van der Waals surface area contributed by atoms with E-state index in [9.17, 15) is 13.6 Å². The molecule has 26 heavy (non-hydrogen) atoms. The van der Waals surface area contributed by atoms with Crippen LogP contribution in [-0.4, -0.2) is 15.9 Å². The van der Waals surface area contributed by atoms with E-state index in [4.69, 9.17) is 0 Å². The topological polar surface area (TPSA) is 66.9 Å². The Labute approximate surface area is 149 Å². The molecule has 0 atom stereocenters. The quantitative estimate of drug-likeness (QED) is 0.716. The highest BCUT2D eigenvalue weighted by molar-refractivity contribution is 6.04. The molecular weight excluding hydrogens is 338 g/mol. The van der Waals surface area contributed by atoms with Crippen LogP contribution in [0.3, 0.4) is 0 Å². The maximum absolute atomic E-state index is 13.6. The van der Waals surface area contributed by atoms with E-state index in [1.165, 1.54) is 18.5 Å². The van der Waals surface area contributed by atoms with Gasteiger partial charge < -0.3 is 10.6 Å². The van der Waals surface area contributed by atoms with Crippen molar-refractivity contribution in [1.82, 2.24) is 9.97 Å². The van der Waals surface area contributed by atoms with Gasteiger partial charge in [-0.3, -0.25) is 4.79 Å². The van der Waals surface area contributed by atoms with E-state index < -0.39 is 11.6 Å². The number of benzene rings is 2. The monoisotopic (exact) mass is 354 g/mol. The van der Waals surface area contributed by atoms with Crippen molar-refractivity contribution in [3.05, 3.63) is 77.6 Å². The maximum Gasteiger partial charge on any atom is 0.258 e. The molecule has 0 aliphatic carbocycles. The maximum atomic E-state index is 13.6. The number of carbonyl (C=O) groups is 1. The van der Waals surface area contributed by atoms with Crippen LogP contribution >= 0.6 is 0 Å². The molecule has 2 N–H and O–H groups in total. The Morgan fingerprint density at radius 3 is 2.46 bits per heavy atom. The highest BCUT2D eigenvalue weighted by Crippen LogP contribution is 2.19. The number of aryl methyl sites for hydroxylation is 1. The van der Waals surface area contributed by atoms with Crippen molar-refractivity contribution in [2.45, 2.75) is 13.3 Å². The number of nitrogens with one attached hydrogen (secondary N) is 2. The summed E-state index contributed by atoms with van der Waals surface area (Å²) in [6.07, 6.45) is 3.46. The van der Waals surface area contributed by atoms with Crippen molar-refractivity contribution in [2.75, 3.05) is 10.6 Å². The minimum absolute atomic E-state index is 0.0421. The van der Waals surface area contributed by atoms with Gasteiger partial charge in [0.2, 0.25) is 5.95 Å². The minimum Gasteiger partial charge on any atom is -0.322 e. The summed E-state index contributed by atoms with van der Waals surface area (Å²) >= 11 is 0. The second-order valence-corrected chi connectivity index (χ2v) is 5.51. The Bertz CT molecular complexity index is 929. The molecule has 0 radical (unpaired) electrons. The fraction of sp³-hybridized carbons (Fsp3) is 0.105. The third-order valence-electron chi connectivity index (χ3n) is 3.74. The molecule has 3 aromatic rings. The summed E-state index contributed by atoms with van der Waals surface area (Å²) in [5.41, 5.74) is 2.06. The number of rotatable bonds is 5. The molecule has 0 saturated carbocycles. The molecule has 3 rings (SSSR count). The number of aromatic nitrogens is 2. The molecule has 5 nitrogen and oxygen atoms in total. The summed E-state index contributed by atoms with van der Waals surface area (Å²) in [4.78, 5) is 20.3. The van der Waals surface area contributed by atoms with Crippen molar-refractivity contribution in [2.24, 2.45) is 0 Å². The van der Waals surface area contributed by atoms with Crippen LogP contribution in [0.25, 0.3) is 0 Å². The molecule has 0 spiro atoms. The van der Waals surface area contributed by atoms with Gasteiger partial charge in [0.25, 0.3) is 5.91 Å². The first-order chi connectivity index (χ1) is 12.6. The average Bonchev–Trinajstić information content (AvgIpc) is 2.65. The van der Waals surface area contributed by atoms with E-state index in [0.29, 0.717) is 0 Å². The summed E-state index contributed by atoms with van der Waals surface area (Å²) in [5.74, 6) is -1.67. The Morgan fingerprint density at radius 2 is 1.77 bits per heavy atom. The van der Waals surface area contributed by atoms with Gasteiger partial charge in [0.05, 0.1) is 11.3 Å². The molecule has 0 bridgehead atoms. The highest BCUT2D eigenvalue weighted by Gasteiger charge is 2.11. The molecule has 2 aromatic carbocycles. The normalized spacial score (nSPS) is 10.4. The largest absolute Gasteiger partial charge is 0.322 e. The first-order valence-electron chi connectivity index (χ1n) is 8.00. The predicted octanol–water partition coefficient (Wildman–Crippen LogP) is 4.31. The molecule has 1 heterocycles. The molecule has 0 saturated heterocycles. The lowest BCUT2D eigenvalue weighted by atomic mass is 10.1. The standard InChI is InChI=1S/C19H16F2N4O/c1-2-12-5-3-4-6-16(12)24-18(26)13-10-22-19(23-11-13)25-17-8-7-14(20)9-15(17)21/h3-11H,2H2,1H3,(H,24,26)(H,22,23,25). The first kappa shape index (κ1) is 17.5. The Kier molecular flexibility index (Phi) is 5.17. The van der Waals surface area contributed by atoms with Crippen LogP contribution in [0.4, 0.5) is 26.1 Å². The lowest BCUT2D eigenvalue weighted by Crippen LogP contribution is -2.14. The predicted molar refractivity (Wildman–Crippen MR) is 95.4 cm³/mol. The van der Waals surface area contributed by atoms with Gasteiger partial charge in [-0.1, -0.05) is 25.1 Å². The molecule has 0 unspecified atom stereocenters. The molecule has 132 valence electrons. The molecule has 1 aromatic heterocycles. The minimum atomic E-state index is -0.758. The number of hydrogen-bond donors (Lipinski definition) is 2. The molecule has 1 amide bonds. The van der Waals surface area contributed by atoms with Crippen molar-refractivity contribution < 1.29 is 13.6 Å². The van der Waals surface area contributed by atoms with E-state index in [1.54, 1.807) is 0 Å². The van der Waals surface area contributed by atoms with Crippen molar-refractivity contribution in [3.63, 3.8) is 0 Å². The SMILES string of the molecule is CCc1ccccc1NC(=O)c1cnc(Nc2ccc(F)cc2F)nc1. The highest BCUT2D eigenvalue weighted by atomic mass is 19.1. The van der Waals surface area contributed by atoms with Gasteiger partial charge in [-0.15, -0.1) is 0 Å². The first-order valence-corrected chi connectivity index (χ1v) is 8.00. The fourth-order valence-corrected chi connectivity index (χ4v) is 2.37. The zero-order valence-electron chi connectivity index (χ0n) is 14.0. The Morgan fingerprint density at radius 1 is 1.04 bits per heavy atom. The summed E-state index contributed by atoms with van der Waals surface area (Å²) in [6.45, 7) is 2.00. The van der Waals surface area contributed by atoms with E-state index >= 15 is 0 Å². The van der Waals surface area contributed by atoms with E-state index in [1.807, 2.05) is 31.2 Å². The van der Waals surface area contributed by atoms with Gasteiger partial charge in [0, 0.05) is 24.1 Å². The van der Waals surface area contributed by atoms with Gasteiger partial charge in [-0.2, -0.15) is 0 Å². The van der Waals surface area contributed by atoms with Gasteiger partial charge in [0.1, 0.15) is 11.6 Å². The smallest absolute Gasteiger partial charge is 0.258 e. The number of carbonyl (C=O) groups excluding carboxylic acids is 1. The summed E-state index contributed by atoms with van der Waals surface area (Å²) in [5, 5.41) is 5.46. The third kappa shape index (κ3) is 4.00. The van der Waals surface area contributed by atoms with Gasteiger partial charge in [-0.05, 0) is 30.2 Å². The second kappa shape index (κ2) is 7.69. The number of amides is 1. The second-order valence-electron chi connectivity index (χ2n) is 5.51. The van der Waals surface area contributed by atoms with Crippen LogP contribution in [0.1, 0.15) is 22.8 Å². The Hall–Kier alpha value is -3.35. The van der Waals surface area contributed by atoms with E-state index in [0.717, 1.165) is 29.8 Å². The number of halogens is 2. The summed E-state index contributed by atoms with van der Waals surface area (Å²) < 4.78 is 26.6. The van der Waals surface area contributed by atoms with Crippen LogP contribution in [0.5, 0.6) is 0 Å². The van der Waals surface area contributed by atoms with E-state index in [2.05, 4.69) is 20.6 Å². The van der Waals surface area contributed by atoms with E-state index in [-0.39, 0.29) is 23.1 Å². The van der Waals surface area contributed by atoms with Crippen LogP contribution in [0, 0.1) is 11.6 Å². The summed E-state index contributed by atoms with van der Waals surface area (Å²) in [7, 11) is 0. The number of para-hydroxylation sites is 1. The van der Waals surface area contributed by atoms with Crippen LogP contribution in [0.15, 0.2) is 54.9 Å². The van der Waals surface area contributed by atoms with Crippen LogP contribution in [0.2, 0.25) is 0 Å². The van der Waals surface area contributed by atoms with Gasteiger partial charge in [-0.25, -0.2) is 18.7 Å².